The summed E-state index contributed by atoms with van der Waals surface area (Å²) in [5, 5.41) is 13.4. The van der Waals surface area contributed by atoms with E-state index in [0.29, 0.717) is 45.6 Å². The van der Waals surface area contributed by atoms with Crippen LogP contribution in [0.4, 0.5) is 5.13 Å². The van der Waals surface area contributed by atoms with Crippen LogP contribution >= 0.6 is 11.3 Å². The number of ketones is 1. The van der Waals surface area contributed by atoms with E-state index in [0.717, 1.165) is 11.3 Å². The zero-order valence-electron chi connectivity index (χ0n) is 13.1. The average Bonchev–Trinajstić information content (AvgIpc) is 2.97. The van der Waals surface area contributed by atoms with Crippen LogP contribution in [0.15, 0.2) is 23.9 Å². The number of amides is 1. The van der Waals surface area contributed by atoms with Crippen LogP contribution in [0.3, 0.4) is 0 Å². The summed E-state index contributed by atoms with van der Waals surface area (Å²) in [6.07, 6.45) is 2.37. The van der Waals surface area contributed by atoms with Gasteiger partial charge in [-0.15, -0.1) is 0 Å². The van der Waals surface area contributed by atoms with E-state index < -0.39 is 0 Å². The molecular weight excluding hydrogens is 330 g/mol. The minimum Gasteiger partial charge on any atom is -0.507 e. The van der Waals surface area contributed by atoms with Gasteiger partial charge in [0.15, 0.2) is 5.13 Å². The van der Waals surface area contributed by atoms with Crippen LogP contribution in [0.25, 0.3) is 5.76 Å². The van der Waals surface area contributed by atoms with Crippen LogP contribution in [-0.4, -0.2) is 33.9 Å². The summed E-state index contributed by atoms with van der Waals surface area (Å²) in [4.78, 5) is 32.5. The minimum atomic E-state index is -0.265. The smallest absolute Gasteiger partial charge is 0.223 e. The number of aliphatic hydroxyl groups is 1. The van der Waals surface area contributed by atoms with Crippen LogP contribution in [-0.2, 0) is 11.2 Å². The molecule has 0 aromatic carbocycles. The Hall–Kier alpha value is -2.74. The molecule has 0 atom stereocenters. The number of methoxy groups -OCH3 is 1. The number of pyridine rings is 1. The fourth-order valence-electron chi connectivity index (χ4n) is 2.44. The second kappa shape index (κ2) is 6.40. The van der Waals surface area contributed by atoms with E-state index in [1.165, 1.54) is 20.2 Å². The zero-order chi connectivity index (χ0) is 17.3. The third kappa shape index (κ3) is 3.00. The van der Waals surface area contributed by atoms with E-state index in [4.69, 9.17) is 4.74 Å². The van der Waals surface area contributed by atoms with Crippen LogP contribution in [0.2, 0.25) is 0 Å². The lowest BCUT2D eigenvalue weighted by Gasteiger charge is -2.14. The molecule has 2 aromatic heterocycles. The van der Waals surface area contributed by atoms with Gasteiger partial charge in [0.2, 0.25) is 17.6 Å². The number of anilines is 1. The predicted octanol–water partition coefficient (Wildman–Crippen LogP) is 2.60. The van der Waals surface area contributed by atoms with Crippen molar-refractivity contribution in [2.24, 2.45) is 0 Å². The van der Waals surface area contributed by atoms with E-state index in [2.05, 4.69) is 15.3 Å². The van der Waals surface area contributed by atoms with Gasteiger partial charge in [-0.3, -0.25) is 9.59 Å². The first-order valence-electron chi connectivity index (χ1n) is 7.24. The number of nitrogens with zero attached hydrogens (tertiary/aromatic N) is 2. The third-order valence-corrected chi connectivity index (χ3v) is 4.59. The largest absolute Gasteiger partial charge is 0.507 e. The van der Waals surface area contributed by atoms with E-state index in [-0.39, 0.29) is 17.4 Å². The minimum absolute atomic E-state index is 0.0877. The number of allylic oxidation sites excluding steroid dienone is 1. The number of aliphatic hydroxyl groups excluding tert-OH is 1. The Morgan fingerprint density at radius 1 is 1.38 bits per heavy atom. The van der Waals surface area contributed by atoms with Gasteiger partial charge < -0.3 is 15.2 Å². The summed E-state index contributed by atoms with van der Waals surface area (Å²) < 4.78 is 4.98. The summed E-state index contributed by atoms with van der Waals surface area (Å²) in [7, 11) is 1.50. The van der Waals surface area contributed by atoms with Gasteiger partial charge in [0.05, 0.1) is 12.8 Å². The van der Waals surface area contributed by atoms with Gasteiger partial charge in [-0.05, 0) is 18.9 Å². The van der Waals surface area contributed by atoms with Crippen molar-refractivity contribution in [2.45, 2.75) is 19.8 Å². The third-order valence-electron chi connectivity index (χ3n) is 3.58. The Labute approximate surface area is 142 Å². The van der Waals surface area contributed by atoms with Gasteiger partial charge in [0.1, 0.15) is 10.6 Å². The van der Waals surface area contributed by atoms with E-state index in [1.807, 2.05) is 0 Å². The van der Waals surface area contributed by atoms with E-state index >= 15 is 0 Å². The number of hydrogen-bond donors (Lipinski definition) is 2. The molecule has 1 aliphatic carbocycles. The van der Waals surface area contributed by atoms with Crippen molar-refractivity contribution in [1.82, 2.24) is 9.97 Å². The van der Waals surface area contributed by atoms with E-state index in [1.54, 1.807) is 12.1 Å². The zero-order valence-corrected chi connectivity index (χ0v) is 13.9. The molecular formula is C16H15N3O4S. The highest BCUT2D eigenvalue weighted by molar-refractivity contribution is 7.18. The topological polar surface area (TPSA) is 101 Å². The number of rotatable bonds is 3. The van der Waals surface area contributed by atoms with Crippen molar-refractivity contribution in [3.05, 3.63) is 40.0 Å². The Bertz CT molecular complexity index is 840. The molecule has 1 amide bonds. The van der Waals surface area contributed by atoms with Gasteiger partial charge in [-0.25, -0.2) is 9.97 Å². The number of fused-ring (bicyclic) bond motifs is 1. The number of aryl methyl sites for hydroxylation is 1. The van der Waals surface area contributed by atoms with Gasteiger partial charge in [-0.1, -0.05) is 11.3 Å². The molecule has 0 saturated heterocycles. The highest BCUT2D eigenvalue weighted by Crippen LogP contribution is 2.34. The van der Waals surface area contributed by atoms with Crippen molar-refractivity contribution in [2.75, 3.05) is 12.4 Å². The van der Waals surface area contributed by atoms with Gasteiger partial charge in [-0.2, -0.15) is 0 Å². The molecule has 3 rings (SSSR count). The number of hydrogen-bond acceptors (Lipinski definition) is 7. The second-order valence-electron chi connectivity index (χ2n) is 5.22. The summed E-state index contributed by atoms with van der Waals surface area (Å²) in [6, 6.07) is 3.26. The molecule has 0 bridgehead atoms. The Morgan fingerprint density at radius 3 is 2.79 bits per heavy atom. The lowest BCUT2D eigenvalue weighted by molar-refractivity contribution is -0.114. The maximum Gasteiger partial charge on any atom is 0.223 e. The molecule has 124 valence electrons. The summed E-state index contributed by atoms with van der Waals surface area (Å²) >= 11 is 1.12. The number of ether oxygens (including phenoxy) is 1. The Kier molecular flexibility index (Phi) is 4.30. The van der Waals surface area contributed by atoms with Crippen molar-refractivity contribution in [3.8, 4) is 5.88 Å². The molecule has 0 aliphatic heterocycles. The van der Waals surface area contributed by atoms with E-state index in [9.17, 15) is 14.7 Å². The highest BCUT2D eigenvalue weighted by Gasteiger charge is 2.29. The maximum absolute atomic E-state index is 12.6. The van der Waals surface area contributed by atoms with Crippen LogP contribution in [0.1, 0.15) is 34.3 Å². The van der Waals surface area contributed by atoms with Crippen molar-refractivity contribution in [1.29, 1.82) is 0 Å². The lowest BCUT2D eigenvalue weighted by Crippen LogP contribution is -2.14. The Morgan fingerprint density at radius 2 is 2.17 bits per heavy atom. The second-order valence-corrected chi connectivity index (χ2v) is 6.22. The standard InChI is InChI=1S/C16H15N3O4S/c1-8(20)18-16-19-11-5-4-10(14(22)15(11)24-16)13(21)9-3-6-12(23-2)17-7-9/h3,6-7,21H,4-5H2,1-2H3,(H,18,19,20). The van der Waals surface area contributed by atoms with Crippen molar-refractivity contribution >= 4 is 33.9 Å². The normalized spacial score (nSPS) is 15.7. The fourth-order valence-corrected chi connectivity index (χ4v) is 3.46. The summed E-state index contributed by atoms with van der Waals surface area (Å²) in [5.74, 6) is -0.165. The number of carbonyl (C=O) groups is 2. The van der Waals surface area contributed by atoms with Crippen LogP contribution in [0.5, 0.6) is 5.88 Å². The molecule has 7 nitrogen and oxygen atoms in total. The number of thiazole rings is 1. The molecule has 0 fully saturated rings. The molecule has 2 aromatic rings. The average molecular weight is 345 g/mol. The van der Waals surface area contributed by atoms with Crippen molar-refractivity contribution < 1.29 is 19.4 Å². The van der Waals surface area contributed by atoms with Gasteiger partial charge in [0, 0.05) is 30.3 Å². The first-order valence-corrected chi connectivity index (χ1v) is 8.05. The molecule has 2 heterocycles. The monoisotopic (exact) mass is 345 g/mol. The number of aromatic nitrogens is 2. The molecule has 2 N–H and O–H groups in total. The summed E-state index contributed by atoms with van der Waals surface area (Å²) in [6.45, 7) is 1.38. The first-order chi connectivity index (χ1) is 11.5. The SMILES string of the molecule is COc1ccc(C(O)=C2CCc3nc(NC(C)=O)sc3C2=O)cn1. The van der Waals surface area contributed by atoms with Crippen LogP contribution < -0.4 is 10.1 Å². The number of nitrogens with one attached hydrogen (secondary N) is 1. The first kappa shape index (κ1) is 16.1. The Balaban J connectivity index is 1.93. The van der Waals surface area contributed by atoms with Gasteiger partial charge >= 0.3 is 0 Å². The number of Topliss-reactive ketones (excluding diaryl/α,β-unsaturated/α-hetero) is 1. The van der Waals surface area contributed by atoms with Crippen molar-refractivity contribution in [3.63, 3.8) is 0 Å². The number of carbonyl (C=O) groups excluding carboxylic acids is 2. The molecule has 0 unspecified atom stereocenters. The quantitative estimate of drug-likeness (QED) is 0.655. The molecule has 0 radical (unpaired) electrons. The highest BCUT2D eigenvalue weighted by atomic mass is 32.1. The lowest BCUT2D eigenvalue weighted by atomic mass is 9.93. The fraction of sp³-hybridized carbons (Fsp3) is 0.250. The van der Waals surface area contributed by atoms with Gasteiger partial charge in [0.25, 0.3) is 0 Å². The maximum atomic E-state index is 12.6. The van der Waals surface area contributed by atoms with Crippen LogP contribution in [0, 0.1) is 0 Å². The predicted molar refractivity (Wildman–Crippen MR) is 89.4 cm³/mol. The molecule has 1 aliphatic rings. The molecule has 8 heteroatoms. The molecule has 0 saturated carbocycles. The molecule has 0 spiro atoms. The molecule has 24 heavy (non-hydrogen) atoms. The summed E-state index contributed by atoms with van der Waals surface area (Å²) in [5.41, 5.74) is 1.43.